The van der Waals surface area contributed by atoms with Gasteiger partial charge in [0.25, 0.3) is 0 Å². The minimum Gasteiger partial charge on any atom is -0.481 e. The van der Waals surface area contributed by atoms with Crippen molar-refractivity contribution in [3.05, 3.63) is 47.5 Å². The Bertz CT molecular complexity index is 532. The fourth-order valence-electron chi connectivity index (χ4n) is 1.75. The molecule has 0 amide bonds. The highest BCUT2D eigenvalue weighted by molar-refractivity contribution is 5.33. The van der Waals surface area contributed by atoms with E-state index in [2.05, 4.69) is 15.5 Å². The number of allylic oxidation sites excluding steroid dienone is 1. The van der Waals surface area contributed by atoms with Crippen molar-refractivity contribution in [3.8, 4) is 0 Å². The van der Waals surface area contributed by atoms with Gasteiger partial charge < -0.3 is 4.74 Å². The van der Waals surface area contributed by atoms with E-state index in [4.69, 9.17) is 4.74 Å². The van der Waals surface area contributed by atoms with Gasteiger partial charge in [-0.3, -0.25) is 0 Å². The van der Waals surface area contributed by atoms with E-state index in [1.165, 1.54) is 0 Å². The molecule has 5 nitrogen and oxygen atoms in total. The molecule has 1 aliphatic rings. The lowest BCUT2D eigenvalue weighted by molar-refractivity contribution is 0.135. The average Bonchev–Trinajstić information content (AvgIpc) is 2.77. The van der Waals surface area contributed by atoms with Crippen LogP contribution in [0.1, 0.15) is 24.4 Å². The first-order chi connectivity index (χ1) is 7.84. The molecule has 0 fully saturated rings. The molecule has 0 aliphatic carbocycles. The summed E-state index contributed by atoms with van der Waals surface area (Å²) in [6, 6.07) is 9.92. The summed E-state index contributed by atoms with van der Waals surface area (Å²) in [5.74, 6) is 1.51. The van der Waals surface area contributed by atoms with Crippen LogP contribution < -0.4 is 0 Å². The van der Waals surface area contributed by atoms with Gasteiger partial charge in [0.15, 0.2) is 6.10 Å². The summed E-state index contributed by atoms with van der Waals surface area (Å²) in [5.41, 5.74) is 1.05. The van der Waals surface area contributed by atoms with E-state index in [1.807, 2.05) is 37.3 Å². The first kappa shape index (κ1) is 9.08. The Hall–Kier alpha value is -2.17. The quantitative estimate of drug-likeness (QED) is 0.723. The Morgan fingerprint density at radius 3 is 2.88 bits per heavy atom. The molecule has 1 aromatic carbocycles. The fourth-order valence-corrected chi connectivity index (χ4v) is 1.75. The van der Waals surface area contributed by atoms with Crippen LogP contribution >= 0.6 is 0 Å². The molecule has 2 heterocycles. The van der Waals surface area contributed by atoms with Crippen LogP contribution in [0.3, 0.4) is 0 Å². The second-order valence-corrected chi connectivity index (χ2v) is 3.63. The lowest BCUT2D eigenvalue weighted by Crippen LogP contribution is -2.15. The standard InChI is InChI=1S/C11H10N4O/c1-8-7-15-11(12-13-14-15)10(16-8)9-5-3-2-4-6-9/h2-7,10H,1H3/t10-/m1/s1. The maximum absolute atomic E-state index is 5.75. The Morgan fingerprint density at radius 1 is 1.25 bits per heavy atom. The van der Waals surface area contributed by atoms with Crippen LogP contribution in [-0.4, -0.2) is 20.2 Å². The van der Waals surface area contributed by atoms with Crippen LogP contribution in [0.2, 0.25) is 0 Å². The van der Waals surface area contributed by atoms with Crippen LogP contribution in [0.15, 0.2) is 36.1 Å². The summed E-state index contributed by atoms with van der Waals surface area (Å²) in [5, 5.41) is 11.5. The lowest BCUT2D eigenvalue weighted by atomic mass is 10.1. The maximum atomic E-state index is 5.75. The molecule has 0 N–H and O–H groups in total. The smallest absolute Gasteiger partial charge is 0.201 e. The van der Waals surface area contributed by atoms with Crippen LogP contribution in [0.5, 0.6) is 0 Å². The highest BCUT2D eigenvalue weighted by Crippen LogP contribution is 2.29. The number of benzene rings is 1. The first-order valence-electron chi connectivity index (χ1n) is 5.02. The second kappa shape index (κ2) is 3.44. The normalized spacial score (nSPS) is 18.6. The molecule has 0 bridgehead atoms. The zero-order valence-corrected chi connectivity index (χ0v) is 8.74. The predicted molar refractivity (Wildman–Crippen MR) is 57.1 cm³/mol. The molecular formula is C11H10N4O. The van der Waals surface area contributed by atoms with E-state index in [-0.39, 0.29) is 6.10 Å². The number of hydrogen-bond donors (Lipinski definition) is 0. The summed E-state index contributed by atoms with van der Waals surface area (Å²) in [6.07, 6.45) is 1.55. The van der Waals surface area contributed by atoms with Gasteiger partial charge in [0.1, 0.15) is 5.76 Å². The van der Waals surface area contributed by atoms with E-state index in [9.17, 15) is 0 Å². The fraction of sp³-hybridized carbons (Fsp3) is 0.182. The van der Waals surface area contributed by atoms with E-state index >= 15 is 0 Å². The summed E-state index contributed by atoms with van der Waals surface area (Å²) in [7, 11) is 0. The van der Waals surface area contributed by atoms with Crippen molar-refractivity contribution in [1.29, 1.82) is 0 Å². The topological polar surface area (TPSA) is 52.8 Å². The van der Waals surface area contributed by atoms with Gasteiger partial charge in [-0.25, -0.2) is 0 Å². The Morgan fingerprint density at radius 2 is 2.06 bits per heavy atom. The third kappa shape index (κ3) is 1.37. The highest BCUT2D eigenvalue weighted by atomic mass is 16.5. The number of rotatable bonds is 1. The molecule has 0 saturated heterocycles. The van der Waals surface area contributed by atoms with Crippen LogP contribution in [0.25, 0.3) is 6.20 Å². The Labute approximate surface area is 92.3 Å². The van der Waals surface area contributed by atoms with Gasteiger partial charge in [-0.2, -0.15) is 4.68 Å². The molecule has 0 unspecified atom stereocenters. The first-order valence-corrected chi connectivity index (χ1v) is 5.02. The van der Waals surface area contributed by atoms with Gasteiger partial charge in [0, 0.05) is 5.56 Å². The van der Waals surface area contributed by atoms with Crippen molar-refractivity contribution in [2.75, 3.05) is 0 Å². The van der Waals surface area contributed by atoms with Crippen molar-refractivity contribution in [2.45, 2.75) is 13.0 Å². The second-order valence-electron chi connectivity index (χ2n) is 3.63. The van der Waals surface area contributed by atoms with Gasteiger partial charge >= 0.3 is 0 Å². The van der Waals surface area contributed by atoms with Crippen molar-refractivity contribution >= 4 is 6.20 Å². The van der Waals surface area contributed by atoms with Crippen molar-refractivity contribution in [1.82, 2.24) is 20.2 Å². The number of fused-ring (bicyclic) bond motifs is 1. The maximum Gasteiger partial charge on any atom is 0.201 e. The van der Waals surface area contributed by atoms with Crippen LogP contribution in [0, 0.1) is 0 Å². The zero-order chi connectivity index (χ0) is 11.0. The van der Waals surface area contributed by atoms with Crippen LogP contribution in [-0.2, 0) is 4.74 Å². The lowest BCUT2D eigenvalue weighted by Gasteiger charge is -2.22. The number of aromatic nitrogens is 4. The zero-order valence-electron chi connectivity index (χ0n) is 8.74. The molecule has 1 atom stereocenters. The molecule has 0 spiro atoms. The van der Waals surface area contributed by atoms with Crippen molar-refractivity contribution in [2.24, 2.45) is 0 Å². The molecule has 2 aromatic rings. The summed E-state index contributed by atoms with van der Waals surface area (Å²) in [4.78, 5) is 0. The average molecular weight is 214 g/mol. The molecular weight excluding hydrogens is 204 g/mol. The van der Waals surface area contributed by atoms with Gasteiger partial charge in [-0.15, -0.1) is 5.10 Å². The van der Waals surface area contributed by atoms with E-state index < -0.39 is 0 Å². The Kier molecular flexibility index (Phi) is 1.96. The third-order valence-electron chi connectivity index (χ3n) is 2.46. The van der Waals surface area contributed by atoms with E-state index in [0.29, 0.717) is 5.82 Å². The number of nitrogens with zero attached hydrogens (tertiary/aromatic N) is 4. The molecule has 16 heavy (non-hydrogen) atoms. The van der Waals surface area contributed by atoms with Crippen LogP contribution in [0.4, 0.5) is 0 Å². The number of ether oxygens (including phenoxy) is 1. The predicted octanol–water partition coefficient (Wildman–Crippen LogP) is 1.61. The van der Waals surface area contributed by atoms with E-state index in [1.54, 1.807) is 10.9 Å². The summed E-state index contributed by atoms with van der Waals surface area (Å²) >= 11 is 0. The molecule has 0 radical (unpaired) electrons. The van der Waals surface area contributed by atoms with Crippen molar-refractivity contribution < 1.29 is 4.74 Å². The van der Waals surface area contributed by atoms with Gasteiger partial charge in [0.2, 0.25) is 5.82 Å². The molecule has 1 aliphatic heterocycles. The van der Waals surface area contributed by atoms with Crippen molar-refractivity contribution in [3.63, 3.8) is 0 Å². The minimum atomic E-state index is -0.221. The monoisotopic (exact) mass is 214 g/mol. The van der Waals surface area contributed by atoms with Gasteiger partial charge in [-0.1, -0.05) is 30.3 Å². The summed E-state index contributed by atoms with van der Waals surface area (Å²) < 4.78 is 7.40. The van der Waals surface area contributed by atoms with E-state index in [0.717, 1.165) is 11.3 Å². The molecule has 0 saturated carbocycles. The molecule has 5 heteroatoms. The van der Waals surface area contributed by atoms with Gasteiger partial charge in [-0.05, 0) is 17.4 Å². The number of hydrogen-bond acceptors (Lipinski definition) is 4. The SMILES string of the molecule is CC1=Cn2nnnc2[C@@H](c2ccccc2)O1. The third-order valence-corrected chi connectivity index (χ3v) is 2.46. The summed E-state index contributed by atoms with van der Waals surface area (Å²) in [6.45, 7) is 1.89. The molecule has 3 rings (SSSR count). The minimum absolute atomic E-state index is 0.221. The molecule has 80 valence electrons. The Balaban J connectivity index is 2.09. The highest BCUT2D eigenvalue weighted by Gasteiger charge is 2.25. The van der Waals surface area contributed by atoms with Gasteiger partial charge in [0.05, 0.1) is 6.20 Å². The largest absolute Gasteiger partial charge is 0.481 e. The molecule has 1 aromatic heterocycles. The number of tetrazole rings is 1.